The van der Waals surface area contributed by atoms with Crippen LogP contribution in [0.3, 0.4) is 0 Å². The number of fused-ring (bicyclic) bond motifs is 1. The molecule has 0 unspecified atom stereocenters. The topological polar surface area (TPSA) is 76.6 Å². The van der Waals surface area contributed by atoms with Crippen LogP contribution in [0.2, 0.25) is 0 Å². The first-order chi connectivity index (χ1) is 12.8. The maximum absolute atomic E-state index is 12.1. The second-order valence-electron chi connectivity index (χ2n) is 6.25. The van der Waals surface area contributed by atoms with Crippen LogP contribution in [0.1, 0.15) is 24.8 Å². The molecule has 0 bridgehead atoms. The molecule has 0 spiro atoms. The zero-order chi connectivity index (χ0) is 17.8. The Balaban J connectivity index is 1.35. The van der Waals surface area contributed by atoms with E-state index < -0.39 is 0 Å². The molecule has 1 amide bonds. The van der Waals surface area contributed by atoms with Gasteiger partial charge in [-0.1, -0.05) is 6.07 Å². The van der Waals surface area contributed by atoms with Crippen molar-refractivity contribution in [3.63, 3.8) is 0 Å². The SMILES string of the molecule is O=C(/C=C/c1ccc2c(c1)OCO2)Nc1cnc(N2CCCCC2)nc1. The normalized spacial score (nSPS) is 16.1. The highest BCUT2D eigenvalue weighted by atomic mass is 16.7. The lowest BCUT2D eigenvalue weighted by Gasteiger charge is -2.26. The lowest BCUT2D eigenvalue weighted by atomic mass is 10.1. The highest BCUT2D eigenvalue weighted by molar-refractivity contribution is 6.01. The summed E-state index contributed by atoms with van der Waals surface area (Å²) in [6.45, 7) is 2.21. The van der Waals surface area contributed by atoms with Gasteiger partial charge in [-0.2, -0.15) is 0 Å². The fourth-order valence-corrected chi connectivity index (χ4v) is 3.02. The van der Waals surface area contributed by atoms with Crippen LogP contribution in [0.25, 0.3) is 6.08 Å². The molecule has 0 aliphatic carbocycles. The number of rotatable bonds is 4. The van der Waals surface area contributed by atoms with E-state index in [1.54, 1.807) is 18.5 Å². The number of hydrogen-bond acceptors (Lipinski definition) is 6. The van der Waals surface area contributed by atoms with Crippen LogP contribution in [0.5, 0.6) is 11.5 Å². The molecule has 1 N–H and O–H groups in total. The van der Waals surface area contributed by atoms with Crippen molar-refractivity contribution in [3.05, 3.63) is 42.2 Å². The summed E-state index contributed by atoms with van der Waals surface area (Å²) >= 11 is 0. The molecule has 2 aromatic rings. The maximum atomic E-state index is 12.1. The van der Waals surface area contributed by atoms with E-state index in [9.17, 15) is 4.79 Å². The standard InChI is InChI=1S/C19H20N4O3/c24-18(7-5-14-4-6-16-17(10-14)26-13-25-16)22-15-11-20-19(21-12-15)23-8-2-1-3-9-23/h4-7,10-12H,1-3,8-9,13H2,(H,22,24)/b7-5+. The molecule has 134 valence electrons. The van der Waals surface area contributed by atoms with Crippen LogP contribution >= 0.6 is 0 Å². The van der Waals surface area contributed by atoms with Crippen molar-refractivity contribution in [3.8, 4) is 11.5 Å². The first kappa shape index (κ1) is 16.4. The quantitative estimate of drug-likeness (QED) is 0.853. The highest BCUT2D eigenvalue weighted by Gasteiger charge is 2.14. The number of benzene rings is 1. The second kappa shape index (κ2) is 7.43. The number of anilines is 2. The summed E-state index contributed by atoms with van der Waals surface area (Å²) in [5, 5.41) is 2.77. The van der Waals surface area contributed by atoms with E-state index in [1.165, 1.54) is 25.3 Å². The number of ether oxygens (including phenoxy) is 2. The third kappa shape index (κ3) is 3.77. The summed E-state index contributed by atoms with van der Waals surface area (Å²) in [4.78, 5) is 23.0. The van der Waals surface area contributed by atoms with Gasteiger partial charge in [0.15, 0.2) is 11.5 Å². The number of nitrogens with one attached hydrogen (secondary N) is 1. The predicted molar refractivity (Wildman–Crippen MR) is 98.3 cm³/mol. The van der Waals surface area contributed by atoms with Gasteiger partial charge in [0.25, 0.3) is 0 Å². The van der Waals surface area contributed by atoms with Crippen molar-refractivity contribution in [2.45, 2.75) is 19.3 Å². The lowest BCUT2D eigenvalue weighted by molar-refractivity contribution is -0.111. The van der Waals surface area contributed by atoms with E-state index >= 15 is 0 Å². The monoisotopic (exact) mass is 352 g/mol. The molecule has 3 heterocycles. The molecule has 4 rings (SSSR count). The van der Waals surface area contributed by atoms with E-state index in [2.05, 4.69) is 20.2 Å². The minimum absolute atomic E-state index is 0.233. The van der Waals surface area contributed by atoms with Gasteiger partial charge in [-0.05, 0) is 43.0 Å². The average molecular weight is 352 g/mol. The van der Waals surface area contributed by atoms with E-state index in [0.717, 1.165) is 30.4 Å². The summed E-state index contributed by atoms with van der Waals surface area (Å²) in [7, 11) is 0. The molecule has 1 saturated heterocycles. The van der Waals surface area contributed by atoms with E-state index in [1.807, 2.05) is 18.2 Å². The van der Waals surface area contributed by atoms with Crippen molar-refractivity contribution in [1.82, 2.24) is 9.97 Å². The fraction of sp³-hybridized carbons (Fsp3) is 0.316. The minimum atomic E-state index is -0.239. The van der Waals surface area contributed by atoms with Crippen LogP contribution < -0.4 is 19.7 Å². The molecule has 7 heteroatoms. The van der Waals surface area contributed by atoms with Crippen LogP contribution in [0, 0.1) is 0 Å². The van der Waals surface area contributed by atoms with E-state index in [4.69, 9.17) is 9.47 Å². The van der Waals surface area contributed by atoms with Crippen molar-refractivity contribution < 1.29 is 14.3 Å². The lowest BCUT2D eigenvalue weighted by Crippen LogP contribution is -2.30. The van der Waals surface area contributed by atoms with Gasteiger partial charge in [0.05, 0.1) is 18.1 Å². The van der Waals surface area contributed by atoms with Crippen LogP contribution in [0.4, 0.5) is 11.6 Å². The maximum Gasteiger partial charge on any atom is 0.248 e. The van der Waals surface area contributed by atoms with Crippen molar-refractivity contribution in [2.24, 2.45) is 0 Å². The van der Waals surface area contributed by atoms with Gasteiger partial charge in [0, 0.05) is 19.2 Å². The Morgan fingerprint density at radius 2 is 1.85 bits per heavy atom. The molecule has 1 fully saturated rings. The van der Waals surface area contributed by atoms with Gasteiger partial charge >= 0.3 is 0 Å². The molecule has 0 atom stereocenters. The molecule has 0 radical (unpaired) electrons. The zero-order valence-electron chi connectivity index (χ0n) is 14.4. The number of nitrogens with zero attached hydrogens (tertiary/aromatic N) is 3. The number of carbonyl (C=O) groups excluding carboxylic acids is 1. The molecule has 1 aromatic heterocycles. The van der Waals surface area contributed by atoms with Gasteiger partial charge in [-0.15, -0.1) is 0 Å². The molecular weight excluding hydrogens is 332 g/mol. The predicted octanol–water partition coefficient (Wildman–Crippen LogP) is 2.85. The molecule has 1 aromatic carbocycles. The summed E-state index contributed by atoms with van der Waals surface area (Å²) in [5.74, 6) is 1.89. The second-order valence-corrected chi connectivity index (χ2v) is 6.25. The summed E-state index contributed by atoms with van der Waals surface area (Å²) < 4.78 is 10.6. The van der Waals surface area contributed by atoms with Crippen molar-refractivity contribution in [1.29, 1.82) is 0 Å². The highest BCUT2D eigenvalue weighted by Crippen LogP contribution is 2.32. The van der Waals surface area contributed by atoms with Crippen LogP contribution in [-0.2, 0) is 4.79 Å². The first-order valence-electron chi connectivity index (χ1n) is 8.74. The number of hydrogen-bond donors (Lipinski definition) is 1. The largest absolute Gasteiger partial charge is 0.454 e. The van der Waals surface area contributed by atoms with Crippen LogP contribution in [-0.4, -0.2) is 35.8 Å². The first-order valence-corrected chi connectivity index (χ1v) is 8.74. The Morgan fingerprint density at radius 3 is 2.65 bits per heavy atom. The van der Waals surface area contributed by atoms with Gasteiger partial charge in [-0.3, -0.25) is 4.79 Å². The summed E-state index contributed by atoms with van der Waals surface area (Å²) in [5.41, 5.74) is 1.44. The smallest absolute Gasteiger partial charge is 0.248 e. The van der Waals surface area contributed by atoms with Gasteiger partial charge in [0.1, 0.15) is 0 Å². The van der Waals surface area contributed by atoms with E-state index in [0.29, 0.717) is 11.4 Å². The number of carbonyl (C=O) groups is 1. The Morgan fingerprint density at radius 1 is 1.08 bits per heavy atom. The van der Waals surface area contributed by atoms with Gasteiger partial charge in [-0.25, -0.2) is 9.97 Å². The Kier molecular flexibility index (Phi) is 4.68. The molecule has 26 heavy (non-hydrogen) atoms. The minimum Gasteiger partial charge on any atom is -0.454 e. The fourth-order valence-electron chi connectivity index (χ4n) is 3.02. The summed E-state index contributed by atoms with van der Waals surface area (Å²) in [6, 6.07) is 5.53. The molecule has 0 saturated carbocycles. The Bertz CT molecular complexity index is 814. The number of aromatic nitrogens is 2. The zero-order valence-corrected chi connectivity index (χ0v) is 14.4. The molecule has 2 aliphatic rings. The third-order valence-electron chi connectivity index (χ3n) is 4.37. The van der Waals surface area contributed by atoms with E-state index in [-0.39, 0.29) is 12.7 Å². The average Bonchev–Trinajstić information content (AvgIpc) is 3.15. The van der Waals surface area contributed by atoms with Crippen molar-refractivity contribution >= 4 is 23.6 Å². The third-order valence-corrected chi connectivity index (χ3v) is 4.37. The summed E-state index contributed by atoms with van der Waals surface area (Å²) in [6.07, 6.45) is 10.1. The molecule has 2 aliphatic heterocycles. The van der Waals surface area contributed by atoms with Crippen LogP contribution in [0.15, 0.2) is 36.7 Å². The van der Waals surface area contributed by atoms with Gasteiger partial charge < -0.3 is 19.7 Å². The Labute approximate surface area is 151 Å². The molecular formula is C19H20N4O3. The van der Waals surface area contributed by atoms with Gasteiger partial charge in [0.2, 0.25) is 18.6 Å². The molecule has 7 nitrogen and oxygen atoms in total. The van der Waals surface area contributed by atoms with Crippen molar-refractivity contribution in [2.75, 3.05) is 30.1 Å². The number of amides is 1. The Hall–Kier alpha value is -3.09. The number of piperidine rings is 1.